The Morgan fingerprint density at radius 3 is 2.46 bits per heavy atom. The van der Waals surface area contributed by atoms with Crippen LogP contribution in [0.4, 0.5) is 4.79 Å². The van der Waals surface area contributed by atoms with Gasteiger partial charge in [-0.3, -0.25) is 23.7 Å². The van der Waals surface area contributed by atoms with E-state index < -0.39 is 35.7 Å². The Morgan fingerprint density at radius 2 is 1.86 bits per heavy atom. The Labute approximate surface area is 216 Å². The zero-order chi connectivity index (χ0) is 27.5. The second kappa shape index (κ2) is 11.3. The number of nitrogens with zero attached hydrogens (tertiary/aromatic N) is 5. The average Bonchev–Trinajstić information content (AvgIpc) is 3.36. The Kier molecular flexibility index (Phi) is 8.60. The highest BCUT2D eigenvalue weighted by molar-refractivity contribution is 5.83. The van der Waals surface area contributed by atoms with Gasteiger partial charge in [-0.25, -0.2) is 14.6 Å². The number of carbonyl (C=O) groups excluding carboxylic acids is 3. The maximum atomic E-state index is 13.4. The van der Waals surface area contributed by atoms with Gasteiger partial charge in [-0.1, -0.05) is 20.3 Å². The van der Waals surface area contributed by atoms with Crippen LogP contribution >= 0.6 is 0 Å². The summed E-state index contributed by atoms with van der Waals surface area (Å²) < 4.78 is 13.5. The smallest absolute Gasteiger partial charge is 0.411 e. The number of carbonyl (C=O) groups is 3. The normalized spacial score (nSPS) is 17.8. The van der Waals surface area contributed by atoms with E-state index in [1.807, 2.05) is 13.8 Å². The SMILES string of the molecule is CCCc1nn(C)c2c(=O)n(CC(=O)N[C@H]3C[C@@H](C(=O)OCC)N(C(=O)OC(C)(C)C)C3)c(CC)nc12. The summed E-state index contributed by atoms with van der Waals surface area (Å²) in [7, 11) is 1.69. The molecule has 1 fully saturated rings. The fourth-order valence-corrected chi connectivity index (χ4v) is 4.54. The number of aryl methyl sites for hydroxylation is 3. The summed E-state index contributed by atoms with van der Waals surface area (Å²) in [4.78, 5) is 57.7. The van der Waals surface area contributed by atoms with Crippen molar-refractivity contribution in [3.8, 4) is 0 Å². The first-order valence-corrected chi connectivity index (χ1v) is 12.8. The van der Waals surface area contributed by atoms with E-state index in [2.05, 4.69) is 15.4 Å². The van der Waals surface area contributed by atoms with Crippen molar-refractivity contribution in [1.29, 1.82) is 0 Å². The first kappa shape index (κ1) is 28.1. The standard InChI is InChI=1S/C25H38N6O6/c1-8-11-16-20-21(29(7)28-16)22(33)31(18(9-2)27-20)14-19(32)26-15-12-17(23(34)36-10-3)30(13-15)24(35)37-25(4,5)6/h15,17H,8-14H2,1-7H3,(H,26,32)/t15-,17-/m0/s1. The molecule has 2 atom stereocenters. The van der Waals surface area contributed by atoms with Crippen LogP contribution in [-0.2, 0) is 45.5 Å². The topological polar surface area (TPSA) is 138 Å². The highest BCUT2D eigenvalue weighted by Crippen LogP contribution is 2.23. The zero-order valence-corrected chi connectivity index (χ0v) is 22.8. The van der Waals surface area contributed by atoms with Crippen LogP contribution in [0.2, 0.25) is 0 Å². The Bertz CT molecular complexity index is 1230. The molecule has 1 aliphatic rings. The predicted molar refractivity (Wildman–Crippen MR) is 136 cm³/mol. The highest BCUT2D eigenvalue weighted by atomic mass is 16.6. The fraction of sp³-hybridized carbons (Fsp3) is 0.680. The summed E-state index contributed by atoms with van der Waals surface area (Å²) in [6.07, 6.45) is 1.56. The minimum Gasteiger partial charge on any atom is -0.464 e. The third-order valence-corrected chi connectivity index (χ3v) is 6.05. The number of rotatable bonds is 8. The summed E-state index contributed by atoms with van der Waals surface area (Å²) in [5.74, 6) is -0.486. The molecule has 204 valence electrons. The molecule has 37 heavy (non-hydrogen) atoms. The van der Waals surface area contributed by atoms with Crippen molar-refractivity contribution >= 4 is 29.0 Å². The lowest BCUT2D eigenvalue weighted by Gasteiger charge is -2.27. The summed E-state index contributed by atoms with van der Waals surface area (Å²) >= 11 is 0. The molecule has 0 radical (unpaired) electrons. The molecule has 0 aliphatic carbocycles. The molecule has 0 bridgehead atoms. The van der Waals surface area contributed by atoms with E-state index in [0.717, 1.165) is 12.1 Å². The van der Waals surface area contributed by atoms with Crippen molar-refractivity contribution < 1.29 is 23.9 Å². The summed E-state index contributed by atoms with van der Waals surface area (Å²) in [5, 5.41) is 7.32. The molecule has 0 spiro atoms. The van der Waals surface area contributed by atoms with E-state index in [0.29, 0.717) is 29.7 Å². The lowest BCUT2D eigenvalue weighted by Crippen LogP contribution is -2.45. The van der Waals surface area contributed by atoms with Crippen molar-refractivity contribution in [3.05, 3.63) is 21.9 Å². The van der Waals surface area contributed by atoms with E-state index in [9.17, 15) is 19.2 Å². The molecule has 2 aromatic rings. The molecular weight excluding hydrogens is 480 g/mol. The summed E-state index contributed by atoms with van der Waals surface area (Å²) in [5.41, 5.74) is 0.614. The van der Waals surface area contributed by atoms with Crippen molar-refractivity contribution in [3.63, 3.8) is 0 Å². The molecule has 1 saturated heterocycles. The van der Waals surface area contributed by atoms with Crippen LogP contribution in [0, 0.1) is 0 Å². The molecule has 2 amide bonds. The van der Waals surface area contributed by atoms with Gasteiger partial charge in [0, 0.05) is 32.5 Å². The molecular formula is C25H38N6O6. The van der Waals surface area contributed by atoms with Crippen molar-refractivity contribution in [2.45, 2.75) is 91.5 Å². The number of aromatic nitrogens is 4. The van der Waals surface area contributed by atoms with Gasteiger partial charge in [0.2, 0.25) is 5.91 Å². The van der Waals surface area contributed by atoms with E-state index in [-0.39, 0.29) is 31.7 Å². The number of amides is 2. The molecule has 12 nitrogen and oxygen atoms in total. The van der Waals surface area contributed by atoms with Crippen LogP contribution in [0.3, 0.4) is 0 Å². The maximum Gasteiger partial charge on any atom is 0.411 e. The zero-order valence-electron chi connectivity index (χ0n) is 22.8. The van der Waals surface area contributed by atoms with Crippen molar-refractivity contribution in [2.24, 2.45) is 7.05 Å². The monoisotopic (exact) mass is 518 g/mol. The van der Waals surface area contributed by atoms with Crippen molar-refractivity contribution in [1.82, 2.24) is 29.5 Å². The minimum absolute atomic E-state index is 0.0824. The number of likely N-dealkylation sites (tertiary alicyclic amines) is 1. The third kappa shape index (κ3) is 6.28. The quantitative estimate of drug-likeness (QED) is 0.521. The van der Waals surface area contributed by atoms with Crippen LogP contribution in [-0.4, -0.2) is 73.0 Å². The first-order chi connectivity index (χ1) is 17.4. The molecule has 0 aromatic carbocycles. The maximum absolute atomic E-state index is 13.4. The Morgan fingerprint density at radius 1 is 1.16 bits per heavy atom. The molecule has 1 aliphatic heterocycles. The predicted octanol–water partition coefficient (Wildman–Crippen LogP) is 1.70. The van der Waals surface area contributed by atoms with E-state index in [4.69, 9.17) is 9.47 Å². The van der Waals surface area contributed by atoms with Gasteiger partial charge in [0.05, 0.1) is 12.3 Å². The third-order valence-electron chi connectivity index (χ3n) is 6.05. The van der Waals surface area contributed by atoms with E-state index >= 15 is 0 Å². The van der Waals surface area contributed by atoms with Crippen LogP contribution in [0.15, 0.2) is 4.79 Å². The molecule has 3 rings (SSSR count). The molecule has 0 unspecified atom stereocenters. The van der Waals surface area contributed by atoms with Gasteiger partial charge >= 0.3 is 12.1 Å². The molecule has 12 heteroatoms. The fourth-order valence-electron chi connectivity index (χ4n) is 4.54. The molecule has 3 heterocycles. The van der Waals surface area contributed by atoms with Crippen molar-refractivity contribution in [2.75, 3.05) is 13.2 Å². The van der Waals surface area contributed by atoms with Gasteiger partial charge in [-0.05, 0) is 34.1 Å². The number of ether oxygens (including phenoxy) is 2. The average molecular weight is 519 g/mol. The first-order valence-electron chi connectivity index (χ1n) is 12.8. The van der Waals surface area contributed by atoms with Gasteiger partial charge in [-0.15, -0.1) is 0 Å². The number of nitrogens with one attached hydrogen (secondary N) is 1. The second-order valence-corrected chi connectivity index (χ2v) is 10.2. The molecule has 1 N–H and O–H groups in total. The largest absolute Gasteiger partial charge is 0.464 e. The Hall–Kier alpha value is -3.44. The van der Waals surface area contributed by atoms with Gasteiger partial charge in [-0.2, -0.15) is 5.10 Å². The van der Waals surface area contributed by atoms with Crippen LogP contribution in [0.1, 0.15) is 65.9 Å². The van der Waals surface area contributed by atoms with E-state index in [1.54, 1.807) is 34.7 Å². The lowest BCUT2D eigenvalue weighted by atomic mass is 10.1. The minimum atomic E-state index is -0.876. The Balaban J connectivity index is 1.81. The van der Waals surface area contributed by atoms with Gasteiger partial charge in [0.15, 0.2) is 5.52 Å². The van der Waals surface area contributed by atoms with E-state index in [1.165, 1.54) is 14.1 Å². The van der Waals surface area contributed by atoms with Gasteiger partial charge < -0.3 is 14.8 Å². The van der Waals surface area contributed by atoms with Gasteiger partial charge in [0.1, 0.15) is 29.5 Å². The highest BCUT2D eigenvalue weighted by Gasteiger charge is 2.43. The van der Waals surface area contributed by atoms with Crippen LogP contribution in [0.25, 0.3) is 11.0 Å². The molecule has 0 saturated carbocycles. The lowest BCUT2D eigenvalue weighted by molar-refractivity contribution is -0.148. The number of hydrogen-bond acceptors (Lipinski definition) is 8. The number of fused-ring (bicyclic) bond motifs is 1. The van der Waals surface area contributed by atoms with Crippen LogP contribution < -0.4 is 10.9 Å². The van der Waals surface area contributed by atoms with Crippen LogP contribution in [0.5, 0.6) is 0 Å². The summed E-state index contributed by atoms with van der Waals surface area (Å²) in [6, 6.07) is -1.39. The number of hydrogen-bond donors (Lipinski definition) is 1. The summed E-state index contributed by atoms with van der Waals surface area (Å²) in [6.45, 7) is 10.8. The second-order valence-electron chi connectivity index (χ2n) is 10.2. The molecule has 2 aromatic heterocycles. The number of esters is 1. The van der Waals surface area contributed by atoms with Gasteiger partial charge in [0.25, 0.3) is 5.56 Å².